The molecule has 0 saturated heterocycles. The summed E-state index contributed by atoms with van der Waals surface area (Å²) in [5.41, 5.74) is 1.05. The van der Waals surface area contributed by atoms with Crippen molar-refractivity contribution in [2.45, 2.75) is 38.6 Å². The molecular formula is C12H19ClN2. The van der Waals surface area contributed by atoms with E-state index in [9.17, 15) is 0 Å². The monoisotopic (exact) mass is 226 g/mol. The first-order chi connectivity index (χ1) is 7.01. The number of nitrogens with zero attached hydrogens (tertiary/aromatic N) is 2. The number of hydrogen-bond donors (Lipinski definition) is 0. The molecule has 0 radical (unpaired) electrons. The first kappa shape index (κ1) is 12.3. The Hall–Kier alpha value is -0.760. The van der Waals surface area contributed by atoms with Crippen LogP contribution in [0.4, 0.5) is 5.82 Å². The summed E-state index contributed by atoms with van der Waals surface area (Å²) in [7, 11) is 2.07. The number of alkyl halides is 1. The lowest BCUT2D eigenvalue weighted by Gasteiger charge is -2.35. The standard InChI is InChI=1S/C12H19ClN2/c1-5-12(2,3)15(4)11-8-6-7-10(9-13)14-11/h6-8H,5,9H2,1-4H3. The van der Waals surface area contributed by atoms with Gasteiger partial charge in [0.05, 0.1) is 11.6 Å². The van der Waals surface area contributed by atoms with E-state index in [2.05, 4.69) is 37.7 Å². The van der Waals surface area contributed by atoms with Gasteiger partial charge in [-0.2, -0.15) is 0 Å². The summed E-state index contributed by atoms with van der Waals surface area (Å²) < 4.78 is 0. The molecule has 0 N–H and O–H groups in total. The minimum Gasteiger partial charge on any atom is -0.355 e. The van der Waals surface area contributed by atoms with E-state index in [-0.39, 0.29) is 5.54 Å². The minimum atomic E-state index is 0.123. The second-order valence-electron chi connectivity index (χ2n) is 4.35. The number of pyridine rings is 1. The first-order valence-corrected chi connectivity index (χ1v) is 5.80. The molecule has 0 atom stereocenters. The molecule has 84 valence electrons. The fraction of sp³-hybridized carbons (Fsp3) is 0.583. The van der Waals surface area contributed by atoms with E-state index >= 15 is 0 Å². The number of anilines is 1. The van der Waals surface area contributed by atoms with Crippen LogP contribution >= 0.6 is 11.6 Å². The normalized spacial score (nSPS) is 11.5. The third-order valence-electron chi connectivity index (χ3n) is 3.05. The Morgan fingerprint density at radius 2 is 2.07 bits per heavy atom. The van der Waals surface area contributed by atoms with Crippen molar-refractivity contribution >= 4 is 17.4 Å². The quantitative estimate of drug-likeness (QED) is 0.732. The summed E-state index contributed by atoms with van der Waals surface area (Å²) in [6.45, 7) is 6.60. The summed E-state index contributed by atoms with van der Waals surface area (Å²) >= 11 is 5.77. The largest absolute Gasteiger partial charge is 0.355 e. The molecule has 0 bridgehead atoms. The van der Waals surface area contributed by atoms with Gasteiger partial charge in [0.2, 0.25) is 0 Å². The van der Waals surface area contributed by atoms with Crippen LogP contribution in [0.3, 0.4) is 0 Å². The summed E-state index contributed by atoms with van der Waals surface area (Å²) in [4.78, 5) is 6.70. The lowest BCUT2D eigenvalue weighted by Crippen LogP contribution is -2.41. The van der Waals surface area contributed by atoms with Crippen LogP contribution in [0.15, 0.2) is 18.2 Å². The van der Waals surface area contributed by atoms with Crippen LogP contribution in [0, 0.1) is 0 Å². The topological polar surface area (TPSA) is 16.1 Å². The van der Waals surface area contributed by atoms with Crippen LogP contribution in [-0.4, -0.2) is 17.6 Å². The zero-order valence-electron chi connectivity index (χ0n) is 9.92. The lowest BCUT2D eigenvalue weighted by atomic mass is 10.00. The molecule has 1 rings (SSSR count). The first-order valence-electron chi connectivity index (χ1n) is 5.27. The third kappa shape index (κ3) is 2.85. The molecule has 0 fully saturated rings. The summed E-state index contributed by atoms with van der Waals surface area (Å²) in [5, 5.41) is 0. The second kappa shape index (κ2) is 4.84. The van der Waals surface area contributed by atoms with Crippen molar-refractivity contribution in [1.29, 1.82) is 0 Å². The Morgan fingerprint density at radius 1 is 1.40 bits per heavy atom. The zero-order chi connectivity index (χ0) is 11.5. The van der Waals surface area contributed by atoms with Crippen LogP contribution < -0.4 is 4.90 Å². The molecule has 15 heavy (non-hydrogen) atoms. The molecule has 0 saturated carbocycles. The molecule has 1 aromatic rings. The van der Waals surface area contributed by atoms with Crippen LogP contribution in [0.2, 0.25) is 0 Å². The highest BCUT2D eigenvalue weighted by Crippen LogP contribution is 2.23. The second-order valence-corrected chi connectivity index (χ2v) is 4.61. The number of rotatable bonds is 4. The molecule has 0 aliphatic rings. The molecule has 0 spiro atoms. The predicted molar refractivity (Wildman–Crippen MR) is 66.6 cm³/mol. The fourth-order valence-corrected chi connectivity index (χ4v) is 1.42. The Morgan fingerprint density at radius 3 is 2.60 bits per heavy atom. The maximum absolute atomic E-state index is 5.77. The molecule has 1 heterocycles. The average Bonchev–Trinajstić information content (AvgIpc) is 2.28. The van der Waals surface area contributed by atoms with Gasteiger partial charge < -0.3 is 4.90 Å². The van der Waals surface area contributed by atoms with Gasteiger partial charge in [0, 0.05) is 12.6 Å². The van der Waals surface area contributed by atoms with Crippen molar-refractivity contribution in [3.63, 3.8) is 0 Å². The molecule has 0 aliphatic carbocycles. The molecule has 0 unspecified atom stereocenters. The van der Waals surface area contributed by atoms with E-state index in [1.165, 1.54) is 0 Å². The van der Waals surface area contributed by atoms with Gasteiger partial charge >= 0.3 is 0 Å². The Kier molecular flexibility index (Phi) is 3.97. The van der Waals surface area contributed by atoms with E-state index in [1.807, 2.05) is 18.2 Å². The van der Waals surface area contributed by atoms with Crippen molar-refractivity contribution in [3.8, 4) is 0 Å². The summed E-state index contributed by atoms with van der Waals surface area (Å²) in [6.07, 6.45) is 1.08. The molecule has 0 aliphatic heterocycles. The molecule has 1 aromatic heterocycles. The van der Waals surface area contributed by atoms with Gasteiger partial charge in [0.25, 0.3) is 0 Å². The van der Waals surface area contributed by atoms with Crippen LogP contribution in [0.25, 0.3) is 0 Å². The van der Waals surface area contributed by atoms with E-state index < -0.39 is 0 Å². The highest BCUT2D eigenvalue weighted by molar-refractivity contribution is 6.16. The fourth-order valence-electron chi connectivity index (χ4n) is 1.28. The molecular weight excluding hydrogens is 208 g/mol. The molecule has 0 aromatic carbocycles. The number of halogens is 1. The maximum atomic E-state index is 5.77. The maximum Gasteiger partial charge on any atom is 0.129 e. The summed E-state index contributed by atoms with van der Waals surface area (Å²) in [6, 6.07) is 5.97. The van der Waals surface area contributed by atoms with Crippen LogP contribution in [0.5, 0.6) is 0 Å². The van der Waals surface area contributed by atoms with E-state index in [0.717, 1.165) is 17.9 Å². The van der Waals surface area contributed by atoms with Crippen molar-refractivity contribution in [3.05, 3.63) is 23.9 Å². The zero-order valence-corrected chi connectivity index (χ0v) is 10.7. The van der Waals surface area contributed by atoms with Crippen molar-refractivity contribution in [2.24, 2.45) is 0 Å². The van der Waals surface area contributed by atoms with Crippen molar-refractivity contribution in [2.75, 3.05) is 11.9 Å². The average molecular weight is 227 g/mol. The Balaban J connectivity index is 2.95. The van der Waals surface area contributed by atoms with Crippen LogP contribution in [0.1, 0.15) is 32.9 Å². The Labute approximate surface area is 97.3 Å². The van der Waals surface area contributed by atoms with Gasteiger partial charge in [0.1, 0.15) is 5.82 Å². The molecule has 3 heteroatoms. The van der Waals surface area contributed by atoms with Gasteiger partial charge in [-0.3, -0.25) is 0 Å². The smallest absolute Gasteiger partial charge is 0.129 e. The van der Waals surface area contributed by atoms with E-state index in [0.29, 0.717) is 5.88 Å². The highest BCUT2D eigenvalue weighted by Gasteiger charge is 2.22. The van der Waals surface area contributed by atoms with Gasteiger partial charge in [-0.05, 0) is 32.4 Å². The lowest BCUT2D eigenvalue weighted by molar-refractivity contribution is 0.467. The van der Waals surface area contributed by atoms with Gasteiger partial charge in [-0.15, -0.1) is 11.6 Å². The number of aromatic nitrogens is 1. The van der Waals surface area contributed by atoms with Gasteiger partial charge in [0.15, 0.2) is 0 Å². The number of hydrogen-bond acceptors (Lipinski definition) is 2. The van der Waals surface area contributed by atoms with E-state index in [4.69, 9.17) is 11.6 Å². The van der Waals surface area contributed by atoms with Crippen molar-refractivity contribution < 1.29 is 0 Å². The van der Waals surface area contributed by atoms with E-state index in [1.54, 1.807) is 0 Å². The van der Waals surface area contributed by atoms with Gasteiger partial charge in [-0.25, -0.2) is 4.98 Å². The summed E-state index contributed by atoms with van der Waals surface area (Å²) in [5.74, 6) is 1.45. The predicted octanol–water partition coefficient (Wildman–Crippen LogP) is 3.45. The van der Waals surface area contributed by atoms with Crippen LogP contribution in [-0.2, 0) is 5.88 Å². The molecule has 0 amide bonds. The highest BCUT2D eigenvalue weighted by atomic mass is 35.5. The minimum absolute atomic E-state index is 0.123. The van der Waals surface area contributed by atoms with Gasteiger partial charge in [-0.1, -0.05) is 13.0 Å². The SMILES string of the molecule is CCC(C)(C)N(C)c1cccc(CCl)n1. The Bertz CT molecular complexity index is 323. The molecule has 2 nitrogen and oxygen atoms in total. The third-order valence-corrected chi connectivity index (χ3v) is 3.32. The van der Waals surface area contributed by atoms with Crippen molar-refractivity contribution in [1.82, 2.24) is 4.98 Å².